The van der Waals surface area contributed by atoms with E-state index in [9.17, 15) is 18.0 Å². The molecule has 0 aliphatic rings. The highest BCUT2D eigenvalue weighted by atomic mass is 19.2. The van der Waals surface area contributed by atoms with Crippen LogP contribution in [0, 0.1) is 17.5 Å². The van der Waals surface area contributed by atoms with Gasteiger partial charge in [-0.3, -0.25) is 5.10 Å². The number of hydrogen-bond acceptors (Lipinski definition) is 2. The minimum absolute atomic E-state index is 0.308. The van der Waals surface area contributed by atoms with Gasteiger partial charge in [0.2, 0.25) is 0 Å². The predicted octanol–water partition coefficient (Wildman–Crippen LogP) is 2.19. The highest BCUT2D eigenvalue weighted by Gasteiger charge is 2.19. The van der Waals surface area contributed by atoms with Gasteiger partial charge in [0.1, 0.15) is 11.5 Å². The average Bonchev–Trinajstić information content (AvgIpc) is 2.73. The number of aromatic nitrogens is 2. The van der Waals surface area contributed by atoms with Crippen molar-refractivity contribution in [3.63, 3.8) is 0 Å². The van der Waals surface area contributed by atoms with Crippen molar-refractivity contribution in [3.8, 4) is 11.3 Å². The smallest absolute Gasteiger partial charge is 0.353 e. The van der Waals surface area contributed by atoms with E-state index in [2.05, 4.69) is 10.2 Å². The number of nitrogens with zero attached hydrogens (tertiary/aromatic N) is 1. The lowest BCUT2D eigenvalue weighted by atomic mass is 10.1. The summed E-state index contributed by atoms with van der Waals surface area (Å²) in [5, 5.41) is 14.1. The number of nitrogens with one attached hydrogen (secondary N) is 1. The maximum absolute atomic E-state index is 13.3. The van der Waals surface area contributed by atoms with Crippen LogP contribution >= 0.6 is 0 Å². The van der Waals surface area contributed by atoms with Crippen LogP contribution in [0.3, 0.4) is 0 Å². The molecule has 7 heteroatoms. The van der Waals surface area contributed by atoms with Gasteiger partial charge in [0.25, 0.3) is 0 Å². The highest BCUT2D eigenvalue weighted by Crippen LogP contribution is 2.26. The number of H-pyrrole nitrogens is 1. The topological polar surface area (TPSA) is 66.0 Å². The Bertz CT molecular complexity index is 595. The molecule has 1 aromatic carbocycles. The Labute approximate surface area is 92.7 Å². The molecule has 0 spiro atoms. The zero-order valence-corrected chi connectivity index (χ0v) is 8.17. The number of benzene rings is 1. The van der Waals surface area contributed by atoms with Gasteiger partial charge in [0.15, 0.2) is 11.6 Å². The largest absolute Gasteiger partial charge is 0.477 e. The minimum Gasteiger partial charge on any atom is -0.477 e. The van der Waals surface area contributed by atoms with E-state index >= 15 is 0 Å². The van der Waals surface area contributed by atoms with Crippen molar-refractivity contribution in [2.45, 2.75) is 0 Å². The summed E-state index contributed by atoms with van der Waals surface area (Å²) in [6.07, 6.45) is 0. The molecule has 2 rings (SSSR count). The summed E-state index contributed by atoms with van der Waals surface area (Å²) in [5.74, 6) is -5.00. The zero-order chi connectivity index (χ0) is 12.6. The second kappa shape index (κ2) is 3.93. The Hall–Kier alpha value is -2.31. The molecule has 88 valence electrons. The Balaban J connectivity index is 2.60. The van der Waals surface area contributed by atoms with E-state index in [0.717, 1.165) is 12.1 Å². The van der Waals surface area contributed by atoms with Crippen molar-refractivity contribution >= 4 is 5.97 Å². The fourth-order valence-corrected chi connectivity index (χ4v) is 1.32. The van der Waals surface area contributed by atoms with Gasteiger partial charge in [-0.1, -0.05) is 0 Å². The predicted molar refractivity (Wildman–Crippen MR) is 50.9 cm³/mol. The second-order valence-electron chi connectivity index (χ2n) is 3.19. The van der Waals surface area contributed by atoms with Crippen molar-refractivity contribution in [1.29, 1.82) is 0 Å². The Morgan fingerprint density at radius 3 is 2.47 bits per heavy atom. The molecule has 1 heterocycles. The number of carboxylic acid groups (broad SMARTS) is 1. The maximum atomic E-state index is 13.3. The summed E-state index contributed by atoms with van der Waals surface area (Å²) >= 11 is 0. The van der Waals surface area contributed by atoms with Crippen LogP contribution in [-0.4, -0.2) is 21.3 Å². The number of hydrogen-bond donors (Lipinski definition) is 2. The van der Waals surface area contributed by atoms with Crippen LogP contribution in [-0.2, 0) is 0 Å². The first kappa shape index (κ1) is 11.2. The summed E-state index contributed by atoms with van der Waals surface area (Å²) < 4.78 is 39.6. The van der Waals surface area contributed by atoms with Crippen LogP contribution in [0.15, 0.2) is 18.2 Å². The normalized spacial score (nSPS) is 10.5. The molecular formula is C10H5F3N2O2. The molecule has 2 aromatic rings. The Morgan fingerprint density at radius 2 is 1.88 bits per heavy atom. The molecule has 0 saturated carbocycles. The van der Waals surface area contributed by atoms with E-state index in [1.807, 2.05) is 0 Å². The summed E-state index contributed by atoms with van der Waals surface area (Å²) in [7, 11) is 0. The first-order valence-electron chi connectivity index (χ1n) is 4.43. The molecule has 0 amide bonds. The van der Waals surface area contributed by atoms with Gasteiger partial charge in [-0.15, -0.1) is 0 Å². The second-order valence-corrected chi connectivity index (χ2v) is 3.19. The van der Waals surface area contributed by atoms with Crippen LogP contribution in [0.5, 0.6) is 0 Å². The lowest BCUT2D eigenvalue weighted by Gasteiger charge is -2.01. The third-order valence-corrected chi connectivity index (χ3v) is 2.11. The van der Waals surface area contributed by atoms with Crippen molar-refractivity contribution < 1.29 is 23.1 Å². The zero-order valence-electron chi connectivity index (χ0n) is 8.17. The van der Waals surface area contributed by atoms with Crippen molar-refractivity contribution in [2.24, 2.45) is 0 Å². The van der Waals surface area contributed by atoms with Gasteiger partial charge in [-0.2, -0.15) is 5.10 Å². The molecule has 2 N–H and O–H groups in total. The number of aromatic carboxylic acids is 1. The number of aromatic amines is 1. The van der Waals surface area contributed by atoms with E-state index < -0.39 is 29.0 Å². The minimum atomic E-state index is -1.41. The summed E-state index contributed by atoms with van der Waals surface area (Å²) in [6.45, 7) is 0. The fraction of sp³-hybridized carbons (Fsp3) is 0. The molecule has 0 bridgehead atoms. The van der Waals surface area contributed by atoms with Gasteiger partial charge in [-0.25, -0.2) is 18.0 Å². The Morgan fingerprint density at radius 1 is 1.24 bits per heavy atom. The van der Waals surface area contributed by atoms with E-state index in [4.69, 9.17) is 5.11 Å². The maximum Gasteiger partial charge on any atom is 0.353 e. The monoisotopic (exact) mass is 242 g/mol. The first-order valence-corrected chi connectivity index (χ1v) is 4.43. The molecule has 17 heavy (non-hydrogen) atoms. The molecule has 1 aromatic heterocycles. The first-order chi connectivity index (χ1) is 8.00. The number of carbonyl (C=O) groups is 1. The van der Waals surface area contributed by atoms with Gasteiger partial charge in [0.05, 0.1) is 11.3 Å². The molecule has 0 unspecified atom stereocenters. The van der Waals surface area contributed by atoms with E-state index in [1.165, 1.54) is 0 Å². The van der Waals surface area contributed by atoms with E-state index in [0.29, 0.717) is 6.07 Å². The van der Waals surface area contributed by atoms with Crippen LogP contribution in [0.1, 0.15) is 10.5 Å². The third-order valence-electron chi connectivity index (χ3n) is 2.11. The number of rotatable bonds is 2. The SMILES string of the molecule is O=C(O)c1cc(-c2c(F)ccc(F)c2F)n[nH]1. The molecule has 0 fully saturated rings. The molecule has 0 saturated heterocycles. The molecule has 0 radical (unpaired) electrons. The number of carboxylic acids is 1. The quantitative estimate of drug-likeness (QED) is 0.793. The van der Waals surface area contributed by atoms with Gasteiger partial charge >= 0.3 is 5.97 Å². The van der Waals surface area contributed by atoms with E-state index in [-0.39, 0.29) is 11.4 Å². The third kappa shape index (κ3) is 1.86. The van der Waals surface area contributed by atoms with Crippen LogP contribution < -0.4 is 0 Å². The van der Waals surface area contributed by atoms with Crippen molar-refractivity contribution in [3.05, 3.63) is 41.3 Å². The average molecular weight is 242 g/mol. The van der Waals surface area contributed by atoms with Crippen LogP contribution in [0.25, 0.3) is 11.3 Å². The Kier molecular flexibility index (Phi) is 2.58. The highest BCUT2D eigenvalue weighted by molar-refractivity contribution is 5.86. The molecule has 0 atom stereocenters. The van der Waals surface area contributed by atoms with Crippen molar-refractivity contribution in [1.82, 2.24) is 10.2 Å². The van der Waals surface area contributed by atoms with Gasteiger partial charge < -0.3 is 5.11 Å². The van der Waals surface area contributed by atoms with E-state index in [1.54, 1.807) is 0 Å². The van der Waals surface area contributed by atoms with Crippen LogP contribution in [0.2, 0.25) is 0 Å². The van der Waals surface area contributed by atoms with Gasteiger partial charge in [-0.05, 0) is 18.2 Å². The standard InChI is InChI=1S/C10H5F3N2O2/c11-4-1-2-5(12)9(13)8(4)6-3-7(10(16)17)15-14-6/h1-3H,(H,14,15)(H,16,17). The molecule has 0 aliphatic heterocycles. The van der Waals surface area contributed by atoms with Crippen LogP contribution in [0.4, 0.5) is 13.2 Å². The summed E-state index contributed by atoms with van der Waals surface area (Å²) in [5.41, 5.74) is -1.35. The van der Waals surface area contributed by atoms with Crippen molar-refractivity contribution in [2.75, 3.05) is 0 Å². The summed E-state index contributed by atoms with van der Waals surface area (Å²) in [4.78, 5) is 10.5. The lowest BCUT2D eigenvalue weighted by Crippen LogP contribution is -1.95. The molecule has 0 aliphatic carbocycles. The molecular weight excluding hydrogens is 237 g/mol. The number of halogens is 3. The van der Waals surface area contributed by atoms with Gasteiger partial charge in [0, 0.05) is 0 Å². The molecule has 4 nitrogen and oxygen atoms in total. The lowest BCUT2D eigenvalue weighted by molar-refractivity contribution is 0.0690. The summed E-state index contributed by atoms with van der Waals surface area (Å²) in [6, 6.07) is 2.30. The fourth-order valence-electron chi connectivity index (χ4n) is 1.32.